The van der Waals surface area contributed by atoms with Crippen LogP contribution in [0.15, 0.2) is 17.3 Å². The van der Waals surface area contributed by atoms with Crippen LogP contribution in [0.2, 0.25) is 0 Å². The van der Waals surface area contributed by atoms with Crippen molar-refractivity contribution in [3.05, 3.63) is 12.3 Å². The van der Waals surface area contributed by atoms with Gasteiger partial charge in [0.1, 0.15) is 12.1 Å². The fraction of sp³-hybridized carbons (Fsp3) is 0.667. The molecule has 2 N–H and O–H groups in total. The van der Waals surface area contributed by atoms with E-state index >= 15 is 0 Å². The minimum atomic E-state index is -0.539. The van der Waals surface area contributed by atoms with E-state index in [4.69, 9.17) is 4.74 Å². The highest BCUT2D eigenvalue weighted by Crippen LogP contribution is 2.24. The van der Waals surface area contributed by atoms with Gasteiger partial charge in [0.15, 0.2) is 0 Å². The number of nitrogens with zero attached hydrogens (tertiary/aromatic N) is 1. The molecule has 0 aromatic rings. The molecule has 0 amide bonds. The number of rotatable bonds is 1. The maximum Gasteiger partial charge on any atom is 0.147 e. The lowest BCUT2D eigenvalue weighted by Gasteiger charge is -2.32. The lowest BCUT2D eigenvalue weighted by Crippen LogP contribution is -2.43. The van der Waals surface area contributed by atoms with E-state index in [-0.39, 0.29) is 6.10 Å². The first-order valence-electron chi connectivity index (χ1n) is 4.53. The summed E-state index contributed by atoms with van der Waals surface area (Å²) in [7, 11) is 1.70. The number of fused-ring (bicyclic) bond motifs is 1. The van der Waals surface area contributed by atoms with Crippen molar-refractivity contribution in [2.45, 2.75) is 25.2 Å². The summed E-state index contributed by atoms with van der Waals surface area (Å²) in [5, 5.41) is 12.4. The summed E-state index contributed by atoms with van der Waals surface area (Å²) in [5.41, 5.74) is 0. The lowest BCUT2D eigenvalue weighted by atomic mass is 9.90. The topological polar surface area (TPSA) is 53.8 Å². The Morgan fingerprint density at radius 2 is 2.46 bits per heavy atom. The van der Waals surface area contributed by atoms with Gasteiger partial charge in [0.2, 0.25) is 0 Å². The number of nitrogens with one attached hydrogen (secondary N) is 1. The fourth-order valence-electron chi connectivity index (χ4n) is 1.86. The first kappa shape index (κ1) is 8.72. The second-order valence-electron chi connectivity index (χ2n) is 3.38. The summed E-state index contributed by atoms with van der Waals surface area (Å²) >= 11 is 0. The van der Waals surface area contributed by atoms with Crippen molar-refractivity contribution in [2.24, 2.45) is 10.9 Å². The third-order valence-corrected chi connectivity index (χ3v) is 2.56. The Bertz CT molecular complexity index is 250. The van der Waals surface area contributed by atoms with E-state index in [2.05, 4.69) is 10.3 Å². The van der Waals surface area contributed by atoms with Crippen molar-refractivity contribution in [2.75, 3.05) is 7.11 Å². The molecule has 1 unspecified atom stereocenters. The summed E-state index contributed by atoms with van der Waals surface area (Å²) in [4.78, 5) is 4.13. The molecule has 2 rings (SSSR count). The van der Waals surface area contributed by atoms with Crippen molar-refractivity contribution in [3.8, 4) is 0 Å². The van der Waals surface area contributed by atoms with Gasteiger partial charge < -0.3 is 15.2 Å². The monoisotopic (exact) mass is 182 g/mol. The van der Waals surface area contributed by atoms with Crippen LogP contribution in [0.5, 0.6) is 0 Å². The molecule has 2 aliphatic heterocycles. The number of hydrogen-bond acceptors (Lipinski definition) is 4. The van der Waals surface area contributed by atoms with Crippen molar-refractivity contribution < 1.29 is 9.84 Å². The van der Waals surface area contributed by atoms with Gasteiger partial charge >= 0.3 is 0 Å². The Balaban J connectivity index is 2.20. The number of amidine groups is 1. The third kappa shape index (κ3) is 1.59. The first-order valence-corrected chi connectivity index (χ1v) is 4.53. The predicted molar refractivity (Wildman–Crippen MR) is 49.2 cm³/mol. The molecule has 2 aliphatic rings. The van der Waals surface area contributed by atoms with Gasteiger partial charge in [-0.15, -0.1) is 0 Å². The third-order valence-electron chi connectivity index (χ3n) is 2.56. The molecule has 0 fully saturated rings. The first-order chi connectivity index (χ1) is 6.31. The van der Waals surface area contributed by atoms with E-state index in [1.54, 1.807) is 7.11 Å². The van der Waals surface area contributed by atoms with Gasteiger partial charge in [-0.05, 0) is 18.9 Å². The summed E-state index contributed by atoms with van der Waals surface area (Å²) in [5.74, 6) is 1.14. The Morgan fingerprint density at radius 3 is 3.23 bits per heavy atom. The Kier molecular flexibility index (Phi) is 2.33. The van der Waals surface area contributed by atoms with Crippen molar-refractivity contribution in [1.82, 2.24) is 5.32 Å². The minimum absolute atomic E-state index is 0.104. The molecule has 0 saturated carbocycles. The number of aliphatic hydroxyl groups is 1. The van der Waals surface area contributed by atoms with Crippen LogP contribution in [0.1, 0.15) is 12.8 Å². The second kappa shape index (κ2) is 3.47. The highest BCUT2D eigenvalue weighted by molar-refractivity contribution is 5.87. The molecule has 0 saturated heterocycles. The maximum atomic E-state index is 9.31. The average molecular weight is 182 g/mol. The molecular formula is C9H14N2O2. The average Bonchev–Trinajstić information content (AvgIpc) is 2.16. The minimum Gasteiger partial charge on any atom is -0.377 e. The Hall–Kier alpha value is -0.870. The van der Waals surface area contributed by atoms with Crippen LogP contribution in [0.3, 0.4) is 0 Å². The van der Waals surface area contributed by atoms with Crippen LogP contribution >= 0.6 is 0 Å². The number of aliphatic imine (C=N–C) groups is 1. The van der Waals surface area contributed by atoms with E-state index in [1.807, 2.05) is 12.3 Å². The molecule has 0 aromatic carbocycles. The van der Waals surface area contributed by atoms with Crippen molar-refractivity contribution >= 4 is 5.84 Å². The summed E-state index contributed by atoms with van der Waals surface area (Å²) in [6, 6.07) is 0. The second-order valence-corrected chi connectivity index (χ2v) is 3.38. The molecular weight excluding hydrogens is 168 g/mol. The number of hydrogen-bond donors (Lipinski definition) is 2. The fourth-order valence-corrected chi connectivity index (χ4v) is 1.86. The zero-order valence-corrected chi connectivity index (χ0v) is 7.60. The smallest absolute Gasteiger partial charge is 0.147 e. The van der Waals surface area contributed by atoms with E-state index in [0.29, 0.717) is 5.92 Å². The van der Waals surface area contributed by atoms with Crippen LogP contribution in [-0.2, 0) is 4.74 Å². The van der Waals surface area contributed by atoms with E-state index in [9.17, 15) is 5.11 Å². The van der Waals surface area contributed by atoms with Gasteiger partial charge in [0.25, 0.3) is 0 Å². The van der Waals surface area contributed by atoms with Gasteiger partial charge in [0.05, 0.1) is 6.10 Å². The predicted octanol–water partition coefficient (Wildman–Crippen LogP) is 0.245. The van der Waals surface area contributed by atoms with Crippen LogP contribution in [-0.4, -0.2) is 30.4 Å². The molecule has 0 bridgehead atoms. The standard InChI is InChI=1S/C9H14N2O2/c1-13-7-4-5-10-9-6(7)2-3-8(12)11-9/h4-8,12H,2-3H2,1H3,(H,10,11)/t6?,7-,8-/m0/s1. The Labute approximate surface area is 77.3 Å². The largest absolute Gasteiger partial charge is 0.377 e. The SMILES string of the molecule is CO[C@H]1C=CNC2=N[C@@H](O)CCC21. The molecule has 0 spiro atoms. The number of aliphatic hydroxyl groups excluding tert-OH is 1. The van der Waals surface area contributed by atoms with Gasteiger partial charge in [-0.1, -0.05) is 0 Å². The quantitative estimate of drug-likeness (QED) is 0.611. The van der Waals surface area contributed by atoms with Gasteiger partial charge in [0, 0.05) is 19.2 Å². The van der Waals surface area contributed by atoms with E-state index in [1.165, 1.54) is 0 Å². The molecule has 4 heteroatoms. The summed E-state index contributed by atoms with van der Waals surface area (Å²) in [6.45, 7) is 0. The van der Waals surface area contributed by atoms with Crippen LogP contribution in [0, 0.1) is 5.92 Å². The van der Waals surface area contributed by atoms with Crippen molar-refractivity contribution in [1.29, 1.82) is 0 Å². The van der Waals surface area contributed by atoms with Crippen molar-refractivity contribution in [3.63, 3.8) is 0 Å². The normalized spacial score (nSPS) is 37.7. The zero-order valence-electron chi connectivity index (χ0n) is 7.60. The molecule has 2 heterocycles. The van der Waals surface area contributed by atoms with E-state index in [0.717, 1.165) is 18.7 Å². The molecule has 72 valence electrons. The summed E-state index contributed by atoms with van der Waals surface area (Å²) < 4.78 is 5.31. The van der Waals surface area contributed by atoms with E-state index < -0.39 is 6.23 Å². The maximum absolute atomic E-state index is 9.31. The summed E-state index contributed by atoms with van der Waals surface area (Å²) in [6.07, 6.45) is 5.03. The van der Waals surface area contributed by atoms with Crippen LogP contribution in [0.25, 0.3) is 0 Å². The molecule has 0 radical (unpaired) electrons. The van der Waals surface area contributed by atoms with Crippen LogP contribution in [0.4, 0.5) is 0 Å². The molecule has 3 atom stereocenters. The molecule has 13 heavy (non-hydrogen) atoms. The van der Waals surface area contributed by atoms with Gasteiger partial charge in [-0.3, -0.25) is 0 Å². The molecule has 0 aliphatic carbocycles. The number of ether oxygens (including phenoxy) is 1. The zero-order chi connectivity index (χ0) is 9.26. The van der Waals surface area contributed by atoms with Gasteiger partial charge in [-0.2, -0.15) is 0 Å². The highest BCUT2D eigenvalue weighted by atomic mass is 16.5. The van der Waals surface area contributed by atoms with Gasteiger partial charge in [-0.25, -0.2) is 4.99 Å². The molecule has 4 nitrogen and oxygen atoms in total. The molecule has 0 aromatic heterocycles. The van der Waals surface area contributed by atoms with Crippen LogP contribution < -0.4 is 5.32 Å². The Morgan fingerprint density at radius 1 is 1.62 bits per heavy atom. The lowest BCUT2D eigenvalue weighted by molar-refractivity contribution is 0.0861. The number of methoxy groups -OCH3 is 1. The highest BCUT2D eigenvalue weighted by Gasteiger charge is 2.31.